The van der Waals surface area contributed by atoms with Gasteiger partial charge in [-0.15, -0.1) is 0 Å². The van der Waals surface area contributed by atoms with Gasteiger partial charge in [0.1, 0.15) is 11.5 Å². The number of aromatic nitrogens is 1. The summed E-state index contributed by atoms with van der Waals surface area (Å²) in [4.78, 5) is 17.0. The predicted molar refractivity (Wildman–Crippen MR) is 134 cm³/mol. The highest BCUT2D eigenvalue weighted by Crippen LogP contribution is 2.30. The number of fused-ring (bicyclic) bond motifs is 1. The van der Waals surface area contributed by atoms with Crippen molar-refractivity contribution in [3.8, 4) is 11.5 Å². The number of hydrogen-bond donors (Lipinski definition) is 3. The molecule has 4 aromatic rings. The first-order valence-corrected chi connectivity index (χ1v) is 12.4. The molecule has 0 saturated carbocycles. The normalized spacial score (nSPS) is 11.1. The molecule has 9 nitrogen and oxygen atoms in total. The standard InChI is InChI=1S/C23H22N4O5S2/c1-14-4-7-19(8-5-14)34(29,30)27-23-26-20-9-6-15(12-21(20)33-23)24-22(28)25-16-10-17(31-2)13-18(11-16)32-3/h4-13H,1-3H3,(H,26,27)(H2,24,25,28). The second-order valence-corrected chi connectivity index (χ2v) is 10.0. The molecule has 1 heterocycles. The van der Waals surface area contributed by atoms with Crippen LogP contribution in [0, 0.1) is 6.92 Å². The van der Waals surface area contributed by atoms with Crippen molar-refractivity contribution in [3.05, 3.63) is 66.2 Å². The molecule has 0 radical (unpaired) electrons. The van der Waals surface area contributed by atoms with E-state index in [1.165, 1.54) is 25.6 Å². The lowest BCUT2D eigenvalue weighted by Gasteiger charge is -2.11. The van der Waals surface area contributed by atoms with E-state index in [1.807, 2.05) is 6.92 Å². The van der Waals surface area contributed by atoms with Gasteiger partial charge in [0.15, 0.2) is 5.13 Å². The lowest BCUT2D eigenvalue weighted by Crippen LogP contribution is -2.19. The first-order chi connectivity index (χ1) is 16.3. The number of methoxy groups -OCH3 is 2. The maximum Gasteiger partial charge on any atom is 0.323 e. The van der Waals surface area contributed by atoms with Crippen LogP contribution in [0.2, 0.25) is 0 Å². The van der Waals surface area contributed by atoms with Gasteiger partial charge >= 0.3 is 6.03 Å². The third kappa shape index (κ3) is 5.38. The van der Waals surface area contributed by atoms with Crippen molar-refractivity contribution < 1.29 is 22.7 Å². The van der Waals surface area contributed by atoms with Crippen molar-refractivity contribution in [1.82, 2.24) is 4.98 Å². The van der Waals surface area contributed by atoms with Crippen LogP contribution < -0.4 is 24.8 Å². The quantitative estimate of drug-likeness (QED) is 0.327. The van der Waals surface area contributed by atoms with Crippen molar-refractivity contribution in [3.63, 3.8) is 0 Å². The minimum Gasteiger partial charge on any atom is -0.497 e. The van der Waals surface area contributed by atoms with E-state index in [0.29, 0.717) is 33.1 Å². The molecule has 0 aliphatic carbocycles. The SMILES string of the molecule is COc1cc(NC(=O)Nc2ccc3nc(NS(=O)(=O)c4ccc(C)cc4)sc3c2)cc(OC)c1. The Hall–Kier alpha value is -3.83. The Morgan fingerprint density at radius 3 is 2.18 bits per heavy atom. The van der Waals surface area contributed by atoms with E-state index in [9.17, 15) is 13.2 Å². The molecule has 0 spiro atoms. The lowest BCUT2D eigenvalue weighted by molar-refractivity contribution is 0.262. The van der Waals surface area contributed by atoms with E-state index in [2.05, 4.69) is 20.3 Å². The van der Waals surface area contributed by atoms with E-state index in [0.717, 1.165) is 5.56 Å². The Kier molecular flexibility index (Phi) is 6.57. The number of hydrogen-bond acceptors (Lipinski definition) is 7. The fourth-order valence-corrected chi connectivity index (χ4v) is 5.25. The third-order valence-electron chi connectivity index (χ3n) is 4.81. The van der Waals surface area contributed by atoms with Gasteiger partial charge in [0.2, 0.25) is 0 Å². The molecular weight excluding hydrogens is 476 g/mol. The van der Waals surface area contributed by atoms with Crippen LogP contribution in [0.5, 0.6) is 11.5 Å². The topological polar surface area (TPSA) is 119 Å². The summed E-state index contributed by atoms with van der Waals surface area (Å²) in [5, 5.41) is 5.72. The van der Waals surface area contributed by atoms with Gasteiger partial charge in [0, 0.05) is 29.6 Å². The van der Waals surface area contributed by atoms with Crippen molar-refractivity contribution >= 4 is 54.1 Å². The number of carbonyl (C=O) groups excluding carboxylic acids is 1. The predicted octanol–water partition coefficient (Wildman–Crippen LogP) is 5.07. The zero-order valence-electron chi connectivity index (χ0n) is 18.6. The molecule has 0 aliphatic heterocycles. The molecule has 2 amide bonds. The van der Waals surface area contributed by atoms with Crippen LogP contribution in [0.1, 0.15) is 5.56 Å². The molecule has 4 rings (SSSR count). The van der Waals surface area contributed by atoms with Gasteiger partial charge in [-0.2, -0.15) is 0 Å². The minimum absolute atomic E-state index is 0.158. The van der Waals surface area contributed by atoms with Crippen LogP contribution in [0.15, 0.2) is 65.6 Å². The number of anilines is 3. The summed E-state index contributed by atoms with van der Waals surface area (Å²) in [5.74, 6) is 1.09. The summed E-state index contributed by atoms with van der Waals surface area (Å²) >= 11 is 1.17. The van der Waals surface area contributed by atoms with E-state index in [4.69, 9.17) is 9.47 Å². The van der Waals surface area contributed by atoms with E-state index in [1.54, 1.807) is 60.7 Å². The number of thiazole rings is 1. The molecule has 3 N–H and O–H groups in total. The monoisotopic (exact) mass is 498 g/mol. The van der Waals surface area contributed by atoms with Gasteiger partial charge in [0.05, 0.1) is 29.3 Å². The molecule has 0 aliphatic rings. The average Bonchev–Trinajstić information content (AvgIpc) is 3.19. The van der Waals surface area contributed by atoms with Crippen molar-refractivity contribution in [1.29, 1.82) is 0 Å². The average molecular weight is 499 g/mol. The highest BCUT2D eigenvalue weighted by Gasteiger charge is 2.17. The van der Waals surface area contributed by atoms with Crippen LogP contribution in [0.4, 0.5) is 21.3 Å². The number of nitrogens with zero attached hydrogens (tertiary/aromatic N) is 1. The van der Waals surface area contributed by atoms with Gasteiger partial charge in [-0.25, -0.2) is 18.2 Å². The number of sulfonamides is 1. The van der Waals surface area contributed by atoms with Crippen LogP contribution in [-0.4, -0.2) is 33.7 Å². The van der Waals surface area contributed by atoms with Gasteiger partial charge in [-0.1, -0.05) is 29.0 Å². The molecule has 0 saturated heterocycles. The van der Waals surface area contributed by atoms with Crippen LogP contribution >= 0.6 is 11.3 Å². The summed E-state index contributed by atoms with van der Waals surface area (Å²) in [6.45, 7) is 1.89. The minimum atomic E-state index is -3.76. The lowest BCUT2D eigenvalue weighted by atomic mass is 10.2. The first-order valence-electron chi connectivity index (χ1n) is 10.1. The Morgan fingerprint density at radius 1 is 0.882 bits per heavy atom. The van der Waals surface area contributed by atoms with E-state index >= 15 is 0 Å². The molecule has 0 atom stereocenters. The molecule has 11 heteroatoms. The summed E-state index contributed by atoms with van der Waals surface area (Å²) in [5.41, 5.74) is 2.60. The molecule has 34 heavy (non-hydrogen) atoms. The number of amides is 2. The van der Waals surface area contributed by atoms with Gasteiger partial charge in [-0.3, -0.25) is 4.72 Å². The van der Waals surface area contributed by atoms with Gasteiger partial charge in [0.25, 0.3) is 10.0 Å². The zero-order valence-corrected chi connectivity index (χ0v) is 20.2. The van der Waals surface area contributed by atoms with Crippen LogP contribution in [-0.2, 0) is 10.0 Å². The molecule has 0 bridgehead atoms. The number of aryl methyl sites for hydroxylation is 1. The number of ether oxygens (including phenoxy) is 2. The highest BCUT2D eigenvalue weighted by molar-refractivity contribution is 7.93. The fraction of sp³-hybridized carbons (Fsp3) is 0.130. The first kappa shape index (κ1) is 23.3. The maximum absolute atomic E-state index is 12.6. The molecule has 0 fully saturated rings. The zero-order chi connectivity index (χ0) is 24.3. The summed E-state index contributed by atoms with van der Waals surface area (Å²) < 4.78 is 38.9. The Morgan fingerprint density at radius 2 is 1.53 bits per heavy atom. The van der Waals surface area contributed by atoms with Crippen molar-refractivity contribution in [2.45, 2.75) is 11.8 Å². The molecule has 0 unspecified atom stereocenters. The Labute approximate surface area is 200 Å². The van der Waals surface area contributed by atoms with Gasteiger partial charge < -0.3 is 20.1 Å². The van der Waals surface area contributed by atoms with Gasteiger partial charge in [-0.05, 0) is 37.3 Å². The molecule has 176 valence electrons. The summed E-state index contributed by atoms with van der Waals surface area (Å²) in [6, 6.07) is 16.3. The number of urea groups is 1. The Bertz CT molecular complexity index is 1430. The van der Waals surface area contributed by atoms with Crippen LogP contribution in [0.25, 0.3) is 10.2 Å². The molecule has 1 aromatic heterocycles. The number of rotatable bonds is 7. The number of benzene rings is 3. The second kappa shape index (κ2) is 9.57. The van der Waals surface area contributed by atoms with E-state index in [-0.39, 0.29) is 10.0 Å². The number of nitrogens with one attached hydrogen (secondary N) is 3. The van der Waals surface area contributed by atoms with Crippen molar-refractivity contribution in [2.24, 2.45) is 0 Å². The number of carbonyl (C=O) groups is 1. The molecule has 3 aromatic carbocycles. The Balaban J connectivity index is 1.48. The highest BCUT2D eigenvalue weighted by atomic mass is 32.2. The smallest absolute Gasteiger partial charge is 0.323 e. The summed E-state index contributed by atoms with van der Waals surface area (Å²) in [7, 11) is -0.704. The van der Waals surface area contributed by atoms with E-state index < -0.39 is 16.1 Å². The molecular formula is C23H22N4O5S2. The summed E-state index contributed by atoms with van der Waals surface area (Å²) in [6.07, 6.45) is 0. The fourth-order valence-electron chi connectivity index (χ4n) is 3.11. The third-order valence-corrected chi connectivity index (χ3v) is 7.23. The maximum atomic E-state index is 12.6. The second-order valence-electron chi connectivity index (χ2n) is 7.30. The van der Waals surface area contributed by atoms with Crippen LogP contribution in [0.3, 0.4) is 0 Å². The van der Waals surface area contributed by atoms with Crippen molar-refractivity contribution in [2.75, 3.05) is 29.6 Å². The largest absolute Gasteiger partial charge is 0.497 e.